The number of amides is 1. The molecule has 1 spiro atoms. The molecule has 1 amide bonds. The van der Waals surface area contributed by atoms with Crippen LogP contribution in [0.25, 0.3) is 0 Å². The topological polar surface area (TPSA) is 53.5 Å². The van der Waals surface area contributed by atoms with Crippen LogP contribution in [0.1, 0.15) is 30.4 Å². The molecule has 0 aromatic heterocycles. The van der Waals surface area contributed by atoms with Crippen molar-refractivity contribution >= 4 is 27.8 Å². The molecule has 1 atom stereocenters. The van der Waals surface area contributed by atoms with E-state index in [9.17, 15) is 4.79 Å². The third-order valence-corrected chi connectivity index (χ3v) is 4.86. The van der Waals surface area contributed by atoms with Gasteiger partial charge in [0.1, 0.15) is 5.54 Å². The molecular weight excluding hydrogens is 318 g/mol. The van der Waals surface area contributed by atoms with Crippen molar-refractivity contribution in [2.45, 2.75) is 43.7 Å². The Hall–Kier alpha value is -1.36. The molecule has 4 rings (SSSR count). The second-order valence-corrected chi connectivity index (χ2v) is 6.88. The van der Waals surface area contributed by atoms with Crippen LogP contribution in [0.3, 0.4) is 0 Å². The van der Waals surface area contributed by atoms with Gasteiger partial charge in [-0.05, 0) is 48.9 Å². The maximum Gasteiger partial charge on any atom is 0.252 e. The smallest absolute Gasteiger partial charge is 0.252 e. The summed E-state index contributed by atoms with van der Waals surface area (Å²) in [5.74, 6) is 0.753. The zero-order chi connectivity index (χ0) is 13.7. The molecule has 1 aliphatic heterocycles. The van der Waals surface area contributed by atoms with Gasteiger partial charge in [-0.15, -0.1) is 0 Å². The highest BCUT2D eigenvalue weighted by molar-refractivity contribution is 9.10. The minimum absolute atomic E-state index is 0.0745. The molecule has 104 valence electrons. The molecule has 1 aromatic rings. The van der Waals surface area contributed by atoms with Crippen molar-refractivity contribution in [3.8, 4) is 0 Å². The predicted octanol–water partition coefficient (Wildman–Crippen LogP) is 1.91. The molecule has 1 heterocycles. The molecule has 1 aromatic carbocycles. The standard InChI is InChI=1S/C15H16BrN3O/c16-11-2-1-10-8-15(6-5-9(10)7-11)13(20)18-14(19-15)17-12-3-4-12/h1-2,7,12H,3-6,8H2,(H2,17,18,19,20). The molecule has 4 nitrogen and oxygen atoms in total. The maximum absolute atomic E-state index is 12.4. The van der Waals surface area contributed by atoms with Gasteiger partial charge in [0.05, 0.1) is 6.04 Å². The number of nitrogens with one attached hydrogen (secondary N) is 2. The van der Waals surface area contributed by atoms with E-state index >= 15 is 0 Å². The van der Waals surface area contributed by atoms with E-state index in [-0.39, 0.29) is 5.91 Å². The number of guanidine groups is 1. The summed E-state index contributed by atoms with van der Waals surface area (Å²) >= 11 is 3.51. The zero-order valence-corrected chi connectivity index (χ0v) is 12.7. The highest BCUT2D eigenvalue weighted by Crippen LogP contribution is 2.33. The first kappa shape index (κ1) is 12.4. The first-order valence-corrected chi connectivity index (χ1v) is 7.89. The van der Waals surface area contributed by atoms with Gasteiger partial charge >= 0.3 is 0 Å². The summed E-state index contributed by atoms with van der Waals surface area (Å²) in [5, 5.41) is 6.28. The van der Waals surface area contributed by atoms with Gasteiger partial charge in [-0.25, -0.2) is 4.99 Å². The summed E-state index contributed by atoms with van der Waals surface area (Å²) < 4.78 is 1.10. The molecular formula is C15H16BrN3O. The Kier molecular flexibility index (Phi) is 2.67. The first-order chi connectivity index (χ1) is 9.64. The van der Waals surface area contributed by atoms with Crippen LogP contribution < -0.4 is 10.6 Å². The van der Waals surface area contributed by atoms with Crippen molar-refractivity contribution in [2.75, 3.05) is 0 Å². The third-order valence-electron chi connectivity index (χ3n) is 4.36. The van der Waals surface area contributed by atoms with Crippen LogP contribution in [0.5, 0.6) is 0 Å². The average molecular weight is 334 g/mol. The van der Waals surface area contributed by atoms with Crippen LogP contribution in [0, 0.1) is 0 Å². The number of benzene rings is 1. The van der Waals surface area contributed by atoms with E-state index in [2.05, 4.69) is 43.7 Å². The molecule has 1 unspecified atom stereocenters. The van der Waals surface area contributed by atoms with Crippen molar-refractivity contribution in [1.82, 2.24) is 10.6 Å². The summed E-state index contributed by atoms with van der Waals surface area (Å²) in [7, 11) is 0. The summed E-state index contributed by atoms with van der Waals surface area (Å²) in [4.78, 5) is 16.9. The van der Waals surface area contributed by atoms with Crippen molar-refractivity contribution in [3.05, 3.63) is 33.8 Å². The second kappa shape index (κ2) is 4.32. The van der Waals surface area contributed by atoms with E-state index in [1.807, 2.05) is 6.07 Å². The molecule has 1 saturated carbocycles. The lowest BCUT2D eigenvalue weighted by Gasteiger charge is -2.32. The number of carbonyl (C=O) groups is 1. The summed E-state index contributed by atoms with van der Waals surface area (Å²) in [5.41, 5.74) is 2.11. The van der Waals surface area contributed by atoms with Gasteiger partial charge in [-0.1, -0.05) is 22.0 Å². The fraction of sp³-hybridized carbons (Fsp3) is 0.467. The Morgan fingerprint density at radius 3 is 2.95 bits per heavy atom. The summed E-state index contributed by atoms with van der Waals surface area (Å²) in [6.07, 6.45) is 4.78. The second-order valence-electron chi connectivity index (χ2n) is 5.96. The Labute approximate surface area is 126 Å². The SMILES string of the molecule is O=C1NC(=NC2CC2)NC12CCc1cc(Br)ccc1C2. The van der Waals surface area contributed by atoms with Crippen LogP contribution >= 0.6 is 15.9 Å². The fourth-order valence-corrected chi connectivity index (χ4v) is 3.46. The number of carbonyl (C=O) groups excluding carboxylic acids is 1. The minimum atomic E-state index is -0.492. The molecule has 2 aliphatic carbocycles. The fourth-order valence-electron chi connectivity index (χ4n) is 3.05. The Balaban J connectivity index is 1.63. The molecule has 2 N–H and O–H groups in total. The minimum Gasteiger partial charge on any atom is -0.341 e. The third kappa shape index (κ3) is 2.04. The number of fused-ring (bicyclic) bond motifs is 1. The molecule has 0 radical (unpaired) electrons. The van der Waals surface area contributed by atoms with Crippen LogP contribution in [-0.2, 0) is 17.6 Å². The Morgan fingerprint density at radius 2 is 2.15 bits per heavy atom. The Morgan fingerprint density at radius 1 is 1.30 bits per heavy atom. The van der Waals surface area contributed by atoms with E-state index in [1.165, 1.54) is 11.1 Å². The van der Waals surface area contributed by atoms with Crippen LogP contribution in [0.4, 0.5) is 0 Å². The lowest BCUT2D eigenvalue weighted by atomic mass is 9.78. The van der Waals surface area contributed by atoms with Crippen LogP contribution in [0.15, 0.2) is 27.7 Å². The van der Waals surface area contributed by atoms with Gasteiger partial charge in [0.2, 0.25) is 0 Å². The highest BCUT2D eigenvalue weighted by atomic mass is 79.9. The molecule has 1 saturated heterocycles. The average Bonchev–Trinajstić information content (AvgIpc) is 3.17. The molecule has 2 fully saturated rings. The normalized spacial score (nSPS) is 30.2. The Bertz CT molecular complexity index is 624. The number of halogens is 1. The van der Waals surface area contributed by atoms with Crippen molar-refractivity contribution < 1.29 is 4.79 Å². The van der Waals surface area contributed by atoms with Crippen LogP contribution in [0.2, 0.25) is 0 Å². The molecule has 3 aliphatic rings. The van der Waals surface area contributed by atoms with Gasteiger partial charge in [0.25, 0.3) is 5.91 Å². The largest absolute Gasteiger partial charge is 0.341 e. The number of aliphatic imine (C=N–C) groups is 1. The number of aryl methyl sites for hydroxylation is 1. The first-order valence-electron chi connectivity index (χ1n) is 7.09. The van der Waals surface area contributed by atoms with Gasteiger partial charge in [0.15, 0.2) is 5.96 Å². The van der Waals surface area contributed by atoms with Crippen molar-refractivity contribution in [3.63, 3.8) is 0 Å². The number of hydrogen-bond acceptors (Lipinski definition) is 2. The summed E-state index contributed by atoms with van der Waals surface area (Å²) in [6.45, 7) is 0. The highest BCUT2D eigenvalue weighted by Gasteiger charge is 2.47. The molecule has 20 heavy (non-hydrogen) atoms. The monoisotopic (exact) mass is 333 g/mol. The quantitative estimate of drug-likeness (QED) is 0.824. The lowest BCUT2D eigenvalue weighted by molar-refractivity contribution is -0.124. The van der Waals surface area contributed by atoms with Crippen molar-refractivity contribution in [2.24, 2.45) is 4.99 Å². The van der Waals surface area contributed by atoms with E-state index in [4.69, 9.17) is 0 Å². The van der Waals surface area contributed by atoms with Gasteiger partial charge in [-0.3, -0.25) is 10.1 Å². The van der Waals surface area contributed by atoms with Gasteiger partial charge in [0, 0.05) is 10.9 Å². The zero-order valence-electron chi connectivity index (χ0n) is 11.1. The van der Waals surface area contributed by atoms with Gasteiger partial charge in [-0.2, -0.15) is 0 Å². The number of hydrogen-bond donors (Lipinski definition) is 2. The number of nitrogens with zero attached hydrogens (tertiary/aromatic N) is 1. The van der Waals surface area contributed by atoms with Crippen LogP contribution in [-0.4, -0.2) is 23.4 Å². The lowest BCUT2D eigenvalue weighted by Crippen LogP contribution is -2.51. The maximum atomic E-state index is 12.4. The molecule has 5 heteroatoms. The number of rotatable bonds is 1. The van der Waals surface area contributed by atoms with E-state index < -0.39 is 5.54 Å². The van der Waals surface area contributed by atoms with E-state index in [0.717, 1.165) is 36.6 Å². The van der Waals surface area contributed by atoms with E-state index in [1.54, 1.807) is 0 Å². The van der Waals surface area contributed by atoms with Crippen molar-refractivity contribution in [1.29, 1.82) is 0 Å². The summed E-state index contributed by atoms with van der Waals surface area (Å²) in [6, 6.07) is 6.74. The van der Waals surface area contributed by atoms with E-state index in [0.29, 0.717) is 12.0 Å². The molecule has 0 bridgehead atoms. The predicted molar refractivity (Wildman–Crippen MR) is 80.6 cm³/mol. The van der Waals surface area contributed by atoms with Gasteiger partial charge < -0.3 is 5.32 Å².